The first-order valence-corrected chi connectivity index (χ1v) is 6.50. The van der Waals surface area contributed by atoms with Crippen LogP contribution in [0.4, 0.5) is 4.39 Å². The van der Waals surface area contributed by atoms with Crippen LogP contribution in [0.5, 0.6) is 0 Å². The van der Waals surface area contributed by atoms with Gasteiger partial charge in [-0.2, -0.15) is 0 Å². The fourth-order valence-corrected chi connectivity index (χ4v) is 2.93. The summed E-state index contributed by atoms with van der Waals surface area (Å²) >= 11 is 6.24. The third-order valence-corrected chi connectivity index (χ3v) is 3.85. The van der Waals surface area contributed by atoms with Crippen LogP contribution in [0, 0.1) is 12.7 Å². The van der Waals surface area contributed by atoms with Gasteiger partial charge in [-0.15, -0.1) is 11.6 Å². The van der Waals surface area contributed by atoms with Crippen LogP contribution in [0.15, 0.2) is 18.2 Å². The second-order valence-corrected chi connectivity index (χ2v) is 5.46. The maximum absolute atomic E-state index is 13.8. The zero-order chi connectivity index (χ0) is 11.5. The number of aryl methyl sites for hydroxylation is 1. The molecule has 0 N–H and O–H groups in total. The van der Waals surface area contributed by atoms with Crippen molar-refractivity contribution in [3.05, 3.63) is 35.1 Å². The zero-order valence-electron chi connectivity index (χ0n) is 9.68. The molecule has 2 atom stereocenters. The Kier molecular flexibility index (Phi) is 3.86. The summed E-state index contributed by atoms with van der Waals surface area (Å²) in [5, 5.41) is 0.215. The SMILES string of the molecule is Cc1ccc(F)c(C2CCCCC(Cl)C2)c1. The maximum Gasteiger partial charge on any atom is 0.126 e. The Hall–Kier alpha value is -0.560. The molecule has 16 heavy (non-hydrogen) atoms. The predicted molar refractivity (Wildman–Crippen MR) is 66.6 cm³/mol. The smallest absolute Gasteiger partial charge is 0.126 e. The molecule has 0 aromatic heterocycles. The van der Waals surface area contributed by atoms with Crippen molar-refractivity contribution in [3.63, 3.8) is 0 Å². The molecule has 1 saturated carbocycles. The molecule has 2 unspecified atom stereocenters. The minimum atomic E-state index is -0.0682. The van der Waals surface area contributed by atoms with Crippen molar-refractivity contribution in [2.45, 2.75) is 50.3 Å². The number of benzene rings is 1. The molecule has 2 heteroatoms. The van der Waals surface area contributed by atoms with Gasteiger partial charge >= 0.3 is 0 Å². The predicted octanol–water partition coefficient (Wildman–Crippen LogP) is 4.79. The molecule has 0 amide bonds. The highest BCUT2D eigenvalue weighted by atomic mass is 35.5. The lowest BCUT2D eigenvalue weighted by atomic mass is 9.90. The fourth-order valence-electron chi connectivity index (χ4n) is 2.56. The Labute approximate surface area is 102 Å². The van der Waals surface area contributed by atoms with Crippen LogP contribution in [0.1, 0.15) is 49.1 Å². The van der Waals surface area contributed by atoms with Crippen molar-refractivity contribution in [1.82, 2.24) is 0 Å². The molecule has 1 aromatic rings. The molecule has 0 radical (unpaired) electrons. The van der Waals surface area contributed by atoms with Gasteiger partial charge in [0.2, 0.25) is 0 Å². The maximum atomic E-state index is 13.8. The Balaban J connectivity index is 2.24. The summed E-state index contributed by atoms with van der Waals surface area (Å²) in [6.07, 6.45) is 5.41. The molecule has 0 bridgehead atoms. The summed E-state index contributed by atoms with van der Waals surface area (Å²) in [6, 6.07) is 5.39. The Morgan fingerprint density at radius 3 is 2.81 bits per heavy atom. The summed E-state index contributed by atoms with van der Waals surface area (Å²) < 4.78 is 13.8. The van der Waals surface area contributed by atoms with Gasteiger partial charge in [0.1, 0.15) is 5.82 Å². The highest BCUT2D eigenvalue weighted by molar-refractivity contribution is 6.20. The molecule has 1 aliphatic rings. The van der Waals surface area contributed by atoms with Crippen LogP contribution in [0.25, 0.3) is 0 Å². The third kappa shape index (κ3) is 2.76. The minimum Gasteiger partial charge on any atom is -0.207 e. The van der Waals surface area contributed by atoms with Gasteiger partial charge in [0.15, 0.2) is 0 Å². The normalized spacial score (nSPS) is 26.4. The van der Waals surface area contributed by atoms with E-state index in [2.05, 4.69) is 0 Å². The first-order chi connectivity index (χ1) is 7.66. The lowest BCUT2D eigenvalue weighted by Gasteiger charge is -2.17. The summed E-state index contributed by atoms with van der Waals surface area (Å²) in [5.74, 6) is 0.242. The van der Waals surface area contributed by atoms with Crippen molar-refractivity contribution in [1.29, 1.82) is 0 Å². The highest BCUT2D eigenvalue weighted by Gasteiger charge is 2.22. The Morgan fingerprint density at radius 2 is 2.00 bits per heavy atom. The molecule has 0 saturated heterocycles. The molecule has 1 aliphatic carbocycles. The van der Waals surface area contributed by atoms with E-state index in [0.717, 1.165) is 30.4 Å². The van der Waals surface area contributed by atoms with Gasteiger partial charge in [-0.25, -0.2) is 4.39 Å². The largest absolute Gasteiger partial charge is 0.207 e. The van der Waals surface area contributed by atoms with E-state index in [-0.39, 0.29) is 11.2 Å². The van der Waals surface area contributed by atoms with Crippen molar-refractivity contribution in [2.24, 2.45) is 0 Å². The number of hydrogen-bond donors (Lipinski definition) is 0. The van der Waals surface area contributed by atoms with Gasteiger partial charge < -0.3 is 0 Å². The van der Waals surface area contributed by atoms with Crippen LogP contribution in [-0.2, 0) is 0 Å². The van der Waals surface area contributed by atoms with Crippen molar-refractivity contribution < 1.29 is 4.39 Å². The standard InChI is InChI=1S/C14H18ClF/c1-10-6-7-14(16)13(8-10)11-4-2-3-5-12(15)9-11/h6-8,11-12H,2-5,9H2,1H3. The van der Waals surface area contributed by atoms with Crippen LogP contribution >= 0.6 is 11.6 Å². The lowest BCUT2D eigenvalue weighted by molar-refractivity contribution is 0.538. The average Bonchev–Trinajstić information content (AvgIpc) is 2.46. The molecule has 1 fully saturated rings. The van der Waals surface area contributed by atoms with E-state index in [1.165, 1.54) is 12.8 Å². The molecule has 0 aliphatic heterocycles. The topological polar surface area (TPSA) is 0 Å². The molecule has 2 rings (SSSR count). The van der Waals surface area contributed by atoms with Gasteiger partial charge in [-0.3, -0.25) is 0 Å². The molecule has 88 valence electrons. The Morgan fingerprint density at radius 1 is 1.25 bits per heavy atom. The molecule has 1 aromatic carbocycles. The van der Waals surface area contributed by atoms with E-state index < -0.39 is 0 Å². The summed E-state index contributed by atoms with van der Waals surface area (Å²) in [7, 11) is 0. The van der Waals surface area contributed by atoms with E-state index in [1.54, 1.807) is 6.07 Å². The van der Waals surface area contributed by atoms with E-state index in [4.69, 9.17) is 11.6 Å². The first kappa shape index (κ1) is 11.9. The van der Waals surface area contributed by atoms with Gasteiger partial charge in [0, 0.05) is 5.38 Å². The van der Waals surface area contributed by atoms with E-state index in [9.17, 15) is 4.39 Å². The van der Waals surface area contributed by atoms with E-state index in [0.29, 0.717) is 5.92 Å². The van der Waals surface area contributed by atoms with Crippen LogP contribution < -0.4 is 0 Å². The summed E-state index contributed by atoms with van der Waals surface area (Å²) in [4.78, 5) is 0. The first-order valence-electron chi connectivity index (χ1n) is 6.07. The van der Waals surface area contributed by atoms with Gasteiger partial charge in [0.25, 0.3) is 0 Å². The third-order valence-electron chi connectivity index (χ3n) is 3.45. The Bertz CT molecular complexity index is 362. The van der Waals surface area contributed by atoms with Gasteiger partial charge in [-0.1, -0.05) is 30.5 Å². The molecule has 0 spiro atoms. The summed E-state index contributed by atoms with van der Waals surface area (Å²) in [5.41, 5.74) is 2.00. The quantitative estimate of drug-likeness (QED) is 0.489. The van der Waals surface area contributed by atoms with Crippen LogP contribution in [0.2, 0.25) is 0 Å². The second kappa shape index (κ2) is 5.18. The molecular formula is C14H18ClF. The van der Waals surface area contributed by atoms with E-state index in [1.807, 2.05) is 19.1 Å². The summed E-state index contributed by atoms with van der Waals surface area (Å²) in [6.45, 7) is 2.01. The van der Waals surface area contributed by atoms with E-state index >= 15 is 0 Å². The fraction of sp³-hybridized carbons (Fsp3) is 0.571. The van der Waals surface area contributed by atoms with Gasteiger partial charge in [0.05, 0.1) is 0 Å². The van der Waals surface area contributed by atoms with Crippen LogP contribution in [-0.4, -0.2) is 5.38 Å². The second-order valence-electron chi connectivity index (χ2n) is 4.84. The minimum absolute atomic E-state index is 0.0682. The number of rotatable bonds is 1. The van der Waals surface area contributed by atoms with Crippen molar-refractivity contribution >= 4 is 11.6 Å². The van der Waals surface area contributed by atoms with Crippen LogP contribution in [0.3, 0.4) is 0 Å². The number of alkyl halides is 1. The number of hydrogen-bond acceptors (Lipinski definition) is 0. The number of halogens is 2. The molecule has 0 heterocycles. The lowest BCUT2D eigenvalue weighted by Crippen LogP contribution is -2.06. The molecule has 0 nitrogen and oxygen atoms in total. The van der Waals surface area contributed by atoms with Crippen molar-refractivity contribution in [2.75, 3.05) is 0 Å². The highest BCUT2D eigenvalue weighted by Crippen LogP contribution is 2.35. The monoisotopic (exact) mass is 240 g/mol. The molecular weight excluding hydrogens is 223 g/mol. The van der Waals surface area contributed by atoms with Gasteiger partial charge in [-0.05, 0) is 43.7 Å². The van der Waals surface area contributed by atoms with Crippen molar-refractivity contribution in [3.8, 4) is 0 Å². The average molecular weight is 241 g/mol. The zero-order valence-corrected chi connectivity index (χ0v) is 10.4.